The van der Waals surface area contributed by atoms with Crippen LogP contribution < -0.4 is 0 Å². The quantitative estimate of drug-likeness (QED) is 0.779. The van der Waals surface area contributed by atoms with E-state index in [-0.39, 0.29) is 18.1 Å². The first-order valence-electron chi connectivity index (χ1n) is 7.89. The number of hydrogen-bond donors (Lipinski definition) is 0. The topological polar surface area (TPSA) is 70.6 Å². The molecule has 3 rings (SSSR count). The van der Waals surface area contributed by atoms with E-state index in [4.69, 9.17) is 0 Å². The van der Waals surface area contributed by atoms with Gasteiger partial charge in [-0.1, -0.05) is 0 Å². The SMILES string of the molecule is Cc1nc(CN2CC3CN(C(=O)CCS(C)(=O)=O)CC3C2)cs1. The van der Waals surface area contributed by atoms with Crippen LogP contribution in [0.15, 0.2) is 5.38 Å². The lowest BCUT2D eigenvalue weighted by atomic mass is 10.0. The number of aryl methyl sites for hydroxylation is 1. The van der Waals surface area contributed by atoms with Gasteiger partial charge >= 0.3 is 0 Å². The van der Waals surface area contributed by atoms with Crippen LogP contribution >= 0.6 is 11.3 Å². The first-order chi connectivity index (χ1) is 10.8. The minimum absolute atomic E-state index is 0.0218. The highest BCUT2D eigenvalue weighted by Gasteiger charge is 2.41. The van der Waals surface area contributed by atoms with E-state index in [0.717, 1.165) is 43.4 Å². The Labute approximate surface area is 141 Å². The maximum Gasteiger partial charge on any atom is 0.223 e. The van der Waals surface area contributed by atoms with Crippen LogP contribution in [0.4, 0.5) is 0 Å². The summed E-state index contributed by atoms with van der Waals surface area (Å²) in [5.41, 5.74) is 1.13. The van der Waals surface area contributed by atoms with Crippen LogP contribution in [0.5, 0.6) is 0 Å². The van der Waals surface area contributed by atoms with Crippen molar-refractivity contribution in [2.75, 3.05) is 38.2 Å². The summed E-state index contributed by atoms with van der Waals surface area (Å²) in [7, 11) is -3.07. The van der Waals surface area contributed by atoms with Gasteiger partial charge in [-0.15, -0.1) is 11.3 Å². The Morgan fingerprint density at radius 3 is 2.48 bits per heavy atom. The minimum Gasteiger partial charge on any atom is -0.342 e. The van der Waals surface area contributed by atoms with Gasteiger partial charge in [-0.05, 0) is 18.8 Å². The number of likely N-dealkylation sites (tertiary alicyclic amines) is 2. The van der Waals surface area contributed by atoms with E-state index in [0.29, 0.717) is 11.8 Å². The molecule has 1 amide bonds. The van der Waals surface area contributed by atoms with Gasteiger partial charge in [0.1, 0.15) is 9.84 Å². The number of rotatable bonds is 5. The fraction of sp³-hybridized carbons (Fsp3) is 0.733. The molecule has 0 aromatic carbocycles. The summed E-state index contributed by atoms with van der Waals surface area (Å²) in [5, 5.41) is 3.21. The minimum atomic E-state index is -3.07. The Hall–Kier alpha value is -0.990. The van der Waals surface area contributed by atoms with Crippen LogP contribution in [-0.4, -0.2) is 67.3 Å². The van der Waals surface area contributed by atoms with Crippen molar-refractivity contribution in [2.24, 2.45) is 11.8 Å². The molecular weight excluding hydrogens is 334 g/mol. The monoisotopic (exact) mass is 357 g/mol. The number of fused-ring (bicyclic) bond motifs is 1. The lowest BCUT2D eigenvalue weighted by Gasteiger charge is -2.21. The zero-order valence-corrected chi connectivity index (χ0v) is 15.2. The fourth-order valence-electron chi connectivity index (χ4n) is 3.56. The van der Waals surface area contributed by atoms with Crippen molar-refractivity contribution >= 4 is 27.1 Å². The second kappa shape index (κ2) is 6.49. The molecule has 0 N–H and O–H groups in total. The average Bonchev–Trinajstić information content (AvgIpc) is 3.10. The highest BCUT2D eigenvalue weighted by Crippen LogP contribution is 2.32. The first-order valence-corrected chi connectivity index (χ1v) is 10.8. The molecule has 2 aliphatic rings. The molecule has 0 spiro atoms. The van der Waals surface area contributed by atoms with E-state index in [1.165, 1.54) is 6.26 Å². The molecule has 1 aromatic rings. The number of carbonyl (C=O) groups excluding carboxylic acids is 1. The van der Waals surface area contributed by atoms with Gasteiger partial charge in [-0.25, -0.2) is 13.4 Å². The summed E-state index contributed by atoms with van der Waals surface area (Å²) >= 11 is 1.68. The molecule has 0 radical (unpaired) electrons. The van der Waals surface area contributed by atoms with Gasteiger partial charge in [0.15, 0.2) is 0 Å². The fourth-order valence-corrected chi connectivity index (χ4v) is 4.71. The third kappa shape index (κ3) is 4.30. The van der Waals surface area contributed by atoms with Gasteiger partial charge < -0.3 is 4.90 Å². The Kier molecular flexibility index (Phi) is 4.75. The second-order valence-electron chi connectivity index (χ2n) is 6.75. The Bertz CT molecular complexity index is 672. The predicted octanol–water partition coefficient (Wildman–Crippen LogP) is 0.776. The molecule has 0 aliphatic carbocycles. The normalized spacial score (nSPS) is 25.0. The number of aromatic nitrogens is 1. The molecule has 0 bridgehead atoms. The van der Waals surface area contributed by atoms with Gasteiger partial charge in [0, 0.05) is 50.8 Å². The molecular formula is C15H23N3O3S2. The molecule has 1 aromatic heterocycles. The highest BCUT2D eigenvalue weighted by atomic mass is 32.2. The van der Waals surface area contributed by atoms with Crippen LogP contribution in [-0.2, 0) is 21.2 Å². The van der Waals surface area contributed by atoms with Crippen LogP contribution in [0.1, 0.15) is 17.1 Å². The summed E-state index contributed by atoms with van der Waals surface area (Å²) in [4.78, 5) is 20.9. The molecule has 2 fully saturated rings. The van der Waals surface area contributed by atoms with Crippen molar-refractivity contribution in [1.82, 2.24) is 14.8 Å². The smallest absolute Gasteiger partial charge is 0.223 e. The molecule has 2 saturated heterocycles. The van der Waals surface area contributed by atoms with Gasteiger partial charge in [-0.2, -0.15) is 0 Å². The van der Waals surface area contributed by atoms with Crippen LogP contribution in [0, 0.1) is 18.8 Å². The van der Waals surface area contributed by atoms with Crippen molar-refractivity contribution < 1.29 is 13.2 Å². The third-order valence-corrected chi connectivity index (χ3v) is 6.42. The van der Waals surface area contributed by atoms with Crippen molar-refractivity contribution in [3.05, 3.63) is 16.1 Å². The zero-order chi connectivity index (χ0) is 16.6. The van der Waals surface area contributed by atoms with Gasteiger partial charge in [0.05, 0.1) is 16.5 Å². The molecule has 2 unspecified atom stereocenters. The highest BCUT2D eigenvalue weighted by molar-refractivity contribution is 7.90. The molecule has 128 valence electrons. The standard InChI is InChI=1S/C15H23N3O3S2/c1-11-16-14(10-22-11)9-17-5-12-7-18(8-13(12)6-17)15(19)3-4-23(2,20)21/h10,12-13H,3-9H2,1-2H3. The number of nitrogens with zero attached hydrogens (tertiary/aromatic N) is 3. The average molecular weight is 358 g/mol. The van der Waals surface area contributed by atoms with E-state index < -0.39 is 9.84 Å². The van der Waals surface area contributed by atoms with Gasteiger partial charge in [0.2, 0.25) is 5.91 Å². The second-order valence-corrected chi connectivity index (χ2v) is 10.1. The molecule has 8 heteroatoms. The Balaban J connectivity index is 1.48. The number of sulfone groups is 1. The first kappa shape index (κ1) is 16.9. The number of hydrogen-bond acceptors (Lipinski definition) is 6. The molecule has 6 nitrogen and oxygen atoms in total. The lowest BCUT2D eigenvalue weighted by Crippen LogP contribution is -2.34. The summed E-state index contributed by atoms with van der Waals surface area (Å²) in [6, 6.07) is 0. The van der Waals surface area contributed by atoms with Gasteiger partial charge in [-0.3, -0.25) is 9.69 Å². The zero-order valence-electron chi connectivity index (χ0n) is 13.6. The van der Waals surface area contributed by atoms with E-state index in [2.05, 4.69) is 15.3 Å². The number of thiazole rings is 1. The number of carbonyl (C=O) groups is 1. The van der Waals surface area contributed by atoms with Crippen LogP contribution in [0.25, 0.3) is 0 Å². The molecule has 23 heavy (non-hydrogen) atoms. The maximum absolute atomic E-state index is 12.1. The van der Waals surface area contributed by atoms with Crippen LogP contribution in [0.2, 0.25) is 0 Å². The molecule has 3 heterocycles. The van der Waals surface area contributed by atoms with E-state index in [1.807, 2.05) is 11.8 Å². The molecule has 0 saturated carbocycles. The van der Waals surface area contributed by atoms with E-state index in [9.17, 15) is 13.2 Å². The third-order valence-electron chi connectivity index (χ3n) is 4.65. The largest absolute Gasteiger partial charge is 0.342 e. The summed E-state index contributed by atoms with van der Waals surface area (Å²) in [6.45, 7) is 6.43. The molecule has 2 atom stereocenters. The predicted molar refractivity (Wildman–Crippen MR) is 90.0 cm³/mol. The van der Waals surface area contributed by atoms with Crippen molar-refractivity contribution in [3.8, 4) is 0 Å². The maximum atomic E-state index is 12.1. The van der Waals surface area contributed by atoms with Crippen molar-refractivity contribution in [2.45, 2.75) is 19.9 Å². The van der Waals surface area contributed by atoms with E-state index >= 15 is 0 Å². The summed E-state index contributed by atoms with van der Waals surface area (Å²) in [6.07, 6.45) is 1.29. The number of amides is 1. The van der Waals surface area contributed by atoms with Crippen molar-refractivity contribution in [1.29, 1.82) is 0 Å². The summed E-state index contributed by atoms with van der Waals surface area (Å²) in [5.74, 6) is 0.952. The van der Waals surface area contributed by atoms with Gasteiger partial charge in [0.25, 0.3) is 0 Å². The molecule has 2 aliphatic heterocycles. The Morgan fingerprint density at radius 1 is 1.30 bits per heavy atom. The Morgan fingerprint density at radius 2 is 1.96 bits per heavy atom. The summed E-state index contributed by atoms with van der Waals surface area (Å²) < 4.78 is 22.4. The lowest BCUT2D eigenvalue weighted by molar-refractivity contribution is -0.130. The van der Waals surface area contributed by atoms with E-state index in [1.54, 1.807) is 11.3 Å². The van der Waals surface area contributed by atoms with Crippen molar-refractivity contribution in [3.63, 3.8) is 0 Å². The van der Waals surface area contributed by atoms with Crippen LogP contribution in [0.3, 0.4) is 0 Å².